The monoisotopic (exact) mass is 333 g/mol. The van der Waals surface area contributed by atoms with Crippen molar-refractivity contribution in [2.75, 3.05) is 20.3 Å². The Balaban J connectivity index is 2.02. The van der Waals surface area contributed by atoms with Crippen LogP contribution in [0.1, 0.15) is 12.5 Å². The first kappa shape index (κ1) is 17.6. The molecule has 8 nitrogen and oxygen atoms in total. The predicted molar refractivity (Wildman–Crippen MR) is 83.6 cm³/mol. The van der Waals surface area contributed by atoms with Gasteiger partial charge in [0.05, 0.1) is 13.2 Å². The third-order valence-corrected chi connectivity index (χ3v) is 3.44. The molecule has 1 aliphatic heterocycles. The lowest BCUT2D eigenvalue weighted by atomic mass is 10.2. The molecule has 0 aromatic heterocycles. The molecule has 0 bridgehead atoms. The molecule has 0 unspecified atom stereocenters. The van der Waals surface area contributed by atoms with Gasteiger partial charge >= 0.3 is 17.8 Å². The minimum absolute atomic E-state index is 0.0115. The van der Waals surface area contributed by atoms with Crippen molar-refractivity contribution in [3.8, 4) is 0 Å². The van der Waals surface area contributed by atoms with E-state index in [1.165, 1.54) is 7.11 Å². The second-order valence-electron chi connectivity index (χ2n) is 5.47. The van der Waals surface area contributed by atoms with Crippen molar-refractivity contribution in [1.29, 1.82) is 0 Å². The summed E-state index contributed by atoms with van der Waals surface area (Å²) >= 11 is 0. The smallest absolute Gasteiger partial charge is 0.335 e. The highest BCUT2D eigenvalue weighted by Gasteiger charge is 2.45. The van der Waals surface area contributed by atoms with Crippen molar-refractivity contribution in [2.24, 2.45) is 0 Å². The first-order chi connectivity index (χ1) is 11.4. The number of rotatable bonds is 7. The third kappa shape index (κ3) is 3.96. The number of urea groups is 1. The number of nitrogens with one attached hydrogen (secondary N) is 1. The molecule has 1 N–H and O–H groups in total. The van der Waals surface area contributed by atoms with Crippen molar-refractivity contribution in [3.05, 3.63) is 35.9 Å². The summed E-state index contributed by atoms with van der Waals surface area (Å²) in [5.41, 5.74) is 0.715. The minimum Gasteiger partial charge on any atom is -0.383 e. The van der Waals surface area contributed by atoms with Gasteiger partial charge in [-0.1, -0.05) is 30.3 Å². The highest BCUT2D eigenvalue weighted by atomic mass is 16.5. The van der Waals surface area contributed by atoms with E-state index in [4.69, 9.17) is 4.74 Å². The summed E-state index contributed by atoms with van der Waals surface area (Å²) in [5.74, 6) is -2.46. The topological polar surface area (TPSA) is 96.0 Å². The van der Waals surface area contributed by atoms with Crippen LogP contribution in [0.3, 0.4) is 0 Å². The number of nitrogens with zero attached hydrogens (tertiary/aromatic N) is 2. The van der Waals surface area contributed by atoms with Gasteiger partial charge in [0.2, 0.25) is 5.91 Å². The molecular weight excluding hydrogens is 314 g/mol. The molecule has 1 fully saturated rings. The Bertz CT molecular complexity index is 646. The van der Waals surface area contributed by atoms with Gasteiger partial charge in [-0.05, 0) is 12.5 Å². The van der Waals surface area contributed by atoms with Crippen LogP contribution in [0.15, 0.2) is 30.3 Å². The maximum Gasteiger partial charge on any atom is 0.335 e. The standard InChI is InChI=1S/C16H19N3O5/c1-11(10-24-2)17-13(20)9-19-15(22)14(21)18(16(19)23)8-12-6-4-3-5-7-12/h3-7,11H,8-10H2,1-2H3,(H,17,20)/t11-/m0/s1. The molecule has 8 heteroatoms. The molecule has 24 heavy (non-hydrogen) atoms. The van der Waals surface area contributed by atoms with E-state index in [-0.39, 0.29) is 12.6 Å². The Labute approximate surface area is 139 Å². The van der Waals surface area contributed by atoms with E-state index >= 15 is 0 Å². The van der Waals surface area contributed by atoms with Crippen molar-refractivity contribution in [3.63, 3.8) is 0 Å². The van der Waals surface area contributed by atoms with Crippen LogP contribution in [0.25, 0.3) is 0 Å². The Kier molecular flexibility index (Phi) is 5.64. The molecule has 1 aromatic carbocycles. The molecule has 5 amide bonds. The third-order valence-electron chi connectivity index (χ3n) is 3.44. The first-order valence-electron chi connectivity index (χ1n) is 7.43. The number of hydrogen-bond donors (Lipinski definition) is 1. The van der Waals surface area contributed by atoms with Crippen LogP contribution in [0.4, 0.5) is 4.79 Å². The van der Waals surface area contributed by atoms with E-state index in [0.717, 1.165) is 4.90 Å². The van der Waals surface area contributed by atoms with Gasteiger partial charge in [0.15, 0.2) is 0 Å². The summed E-state index contributed by atoms with van der Waals surface area (Å²) < 4.78 is 4.89. The normalized spacial score (nSPS) is 15.8. The molecular formula is C16H19N3O5. The number of hydrogen-bond acceptors (Lipinski definition) is 5. The Hall–Kier alpha value is -2.74. The largest absolute Gasteiger partial charge is 0.383 e. The van der Waals surface area contributed by atoms with Gasteiger partial charge in [-0.25, -0.2) is 9.69 Å². The van der Waals surface area contributed by atoms with Crippen molar-refractivity contribution < 1.29 is 23.9 Å². The fourth-order valence-electron chi connectivity index (χ4n) is 2.35. The van der Waals surface area contributed by atoms with Gasteiger partial charge < -0.3 is 10.1 Å². The van der Waals surface area contributed by atoms with Crippen molar-refractivity contribution >= 4 is 23.8 Å². The number of carbonyl (C=O) groups is 4. The molecule has 0 spiro atoms. The molecule has 0 radical (unpaired) electrons. The van der Waals surface area contributed by atoms with E-state index in [0.29, 0.717) is 17.1 Å². The summed E-state index contributed by atoms with van der Waals surface area (Å²) in [5, 5.41) is 2.59. The zero-order chi connectivity index (χ0) is 17.7. The van der Waals surface area contributed by atoms with E-state index in [2.05, 4.69) is 5.32 Å². The Morgan fingerprint density at radius 1 is 1.12 bits per heavy atom. The van der Waals surface area contributed by atoms with Gasteiger partial charge in [-0.2, -0.15) is 0 Å². The van der Waals surface area contributed by atoms with Crippen molar-refractivity contribution in [2.45, 2.75) is 19.5 Å². The fraction of sp³-hybridized carbons (Fsp3) is 0.375. The zero-order valence-corrected chi connectivity index (χ0v) is 13.5. The summed E-state index contributed by atoms with van der Waals surface area (Å²) in [4.78, 5) is 49.6. The molecule has 0 aliphatic carbocycles. The van der Waals surface area contributed by atoms with Crippen LogP contribution in [0, 0.1) is 0 Å². The van der Waals surface area contributed by atoms with Crippen molar-refractivity contribution in [1.82, 2.24) is 15.1 Å². The Morgan fingerprint density at radius 2 is 1.75 bits per heavy atom. The summed E-state index contributed by atoms with van der Waals surface area (Å²) in [6, 6.07) is 7.77. The zero-order valence-electron chi connectivity index (χ0n) is 13.5. The highest BCUT2D eigenvalue weighted by Crippen LogP contribution is 2.15. The molecule has 1 atom stereocenters. The molecule has 1 aliphatic rings. The van der Waals surface area contributed by atoms with Gasteiger partial charge in [0.1, 0.15) is 6.54 Å². The van der Waals surface area contributed by atoms with E-state index in [9.17, 15) is 19.2 Å². The van der Waals surface area contributed by atoms with E-state index < -0.39 is 30.3 Å². The first-order valence-corrected chi connectivity index (χ1v) is 7.43. The molecule has 1 saturated heterocycles. The molecule has 1 heterocycles. The molecule has 1 aromatic rings. The van der Waals surface area contributed by atoms with E-state index in [1.54, 1.807) is 37.3 Å². The molecule has 128 valence electrons. The number of ether oxygens (including phenoxy) is 1. The van der Waals surface area contributed by atoms with Crippen LogP contribution in [-0.4, -0.2) is 59.9 Å². The number of benzene rings is 1. The predicted octanol–water partition coefficient (Wildman–Crippen LogP) is 0.128. The lowest BCUT2D eigenvalue weighted by Crippen LogP contribution is -2.45. The number of imide groups is 2. The Morgan fingerprint density at radius 3 is 2.38 bits per heavy atom. The van der Waals surface area contributed by atoms with Gasteiger partial charge in [0.25, 0.3) is 0 Å². The van der Waals surface area contributed by atoms with Gasteiger partial charge in [0, 0.05) is 13.2 Å². The summed E-state index contributed by atoms with van der Waals surface area (Å²) in [6.07, 6.45) is 0. The lowest BCUT2D eigenvalue weighted by molar-refractivity contribution is -0.144. The summed E-state index contributed by atoms with van der Waals surface area (Å²) in [7, 11) is 1.50. The molecule has 0 saturated carbocycles. The maximum absolute atomic E-state index is 12.3. The van der Waals surface area contributed by atoms with Crippen LogP contribution in [0.2, 0.25) is 0 Å². The highest BCUT2D eigenvalue weighted by molar-refractivity contribution is 6.44. The number of methoxy groups -OCH3 is 1. The van der Waals surface area contributed by atoms with Gasteiger partial charge in [-0.15, -0.1) is 0 Å². The average Bonchev–Trinajstić information content (AvgIpc) is 2.74. The SMILES string of the molecule is COC[C@H](C)NC(=O)CN1C(=O)C(=O)N(Cc2ccccc2)C1=O. The van der Waals surface area contributed by atoms with Crippen LogP contribution in [-0.2, 0) is 25.7 Å². The quantitative estimate of drug-likeness (QED) is 0.565. The number of carbonyl (C=O) groups excluding carboxylic acids is 4. The lowest BCUT2D eigenvalue weighted by Gasteiger charge is -2.17. The van der Waals surface area contributed by atoms with Crippen LogP contribution >= 0.6 is 0 Å². The van der Waals surface area contributed by atoms with Crippen LogP contribution < -0.4 is 5.32 Å². The van der Waals surface area contributed by atoms with Crippen LogP contribution in [0.5, 0.6) is 0 Å². The van der Waals surface area contributed by atoms with Gasteiger partial charge in [-0.3, -0.25) is 19.3 Å². The average molecular weight is 333 g/mol. The second kappa shape index (κ2) is 7.69. The summed E-state index contributed by atoms with van der Waals surface area (Å²) in [6.45, 7) is 1.51. The molecule has 2 rings (SSSR count). The second-order valence-corrected chi connectivity index (χ2v) is 5.47. The minimum atomic E-state index is -0.995. The maximum atomic E-state index is 12.3. The van der Waals surface area contributed by atoms with E-state index in [1.807, 2.05) is 0 Å². The number of amides is 5. The fourth-order valence-corrected chi connectivity index (χ4v) is 2.35.